The van der Waals surface area contributed by atoms with Gasteiger partial charge in [0.2, 0.25) is 11.8 Å². The molecule has 27 heavy (non-hydrogen) atoms. The molecule has 0 bridgehead atoms. The normalized spacial score (nSPS) is 28.5. The molecule has 2 saturated carbocycles. The van der Waals surface area contributed by atoms with Crippen molar-refractivity contribution in [3.8, 4) is 0 Å². The van der Waals surface area contributed by atoms with Crippen LogP contribution in [0.5, 0.6) is 0 Å². The van der Waals surface area contributed by atoms with Gasteiger partial charge in [0, 0.05) is 0 Å². The number of hydrogen-bond acceptors (Lipinski definition) is 6. The molecule has 0 aliphatic heterocycles. The summed E-state index contributed by atoms with van der Waals surface area (Å²) in [7, 11) is 0. The Morgan fingerprint density at radius 2 is 1.07 bits per heavy atom. The van der Waals surface area contributed by atoms with E-state index in [1.807, 2.05) is 0 Å². The molecule has 2 aliphatic rings. The van der Waals surface area contributed by atoms with Gasteiger partial charge in [-0.2, -0.15) is 0 Å². The first-order chi connectivity index (χ1) is 13.1. The predicted molar refractivity (Wildman–Crippen MR) is 102 cm³/mol. The Bertz CT molecular complexity index is 407. The van der Waals surface area contributed by atoms with Gasteiger partial charge in [-0.3, -0.25) is 20.4 Å². The minimum atomic E-state index is -0.175. The van der Waals surface area contributed by atoms with Crippen molar-refractivity contribution in [1.82, 2.24) is 10.9 Å². The SMILES string of the molecule is NNC(=O)CCOC1CCC(CC2CCC(OCCC(=O)NN)CC2)CC1. The maximum atomic E-state index is 11.1. The number of hydrazine groups is 2. The van der Waals surface area contributed by atoms with Crippen LogP contribution in [0.15, 0.2) is 0 Å². The largest absolute Gasteiger partial charge is 0.378 e. The first-order valence-corrected chi connectivity index (χ1v) is 10.3. The molecule has 2 rings (SSSR count). The zero-order valence-electron chi connectivity index (χ0n) is 16.3. The van der Waals surface area contributed by atoms with Gasteiger partial charge in [0.25, 0.3) is 0 Å². The standard InChI is InChI=1S/C19H36N4O4/c20-22-18(24)9-11-26-16-5-1-14(2-6-16)13-15-3-7-17(8-4-15)27-12-10-19(25)23-21/h14-17H,1-13,20-21H2,(H,22,24)(H,23,25). The lowest BCUT2D eigenvalue weighted by atomic mass is 9.76. The van der Waals surface area contributed by atoms with Crippen molar-refractivity contribution in [2.45, 2.75) is 82.8 Å². The van der Waals surface area contributed by atoms with E-state index in [2.05, 4.69) is 10.9 Å². The van der Waals surface area contributed by atoms with Crippen LogP contribution in [0.4, 0.5) is 0 Å². The van der Waals surface area contributed by atoms with Crippen molar-refractivity contribution in [2.75, 3.05) is 13.2 Å². The van der Waals surface area contributed by atoms with Crippen LogP contribution in [0, 0.1) is 11.8 Å². The Hall–Kier alpha value is -1.22. The third kappa shape index (κ3) is 8.55. The average molecular weight is 385 g/mol. The summed E-state index contributed by atoms with van der Waals surface area (Å²) in [5, 5.41) is 0. The van der Waals surface area contributed by atoms with Crippen LogP contribution in [-0.4, -0.2) is 37.2 Å². The molecular weight excluding hydrogens is 348 g/mol. The van der Waals surface area contributed by atoms with Crippen molar-refractivity contribution in [3.05, 3.63) is 0 Å². The second-order valence-corrected chi connectivity index (χ2v) is 7.90. The maximum absolute atomic E-state index is 11.1. The molecule has 8 nitrogen and oxygen atoms in total. The molecule has 0 radical (unpaired) electrons. The number of nitrogens with one attached hydrogen (secondary N) is 2. The highest BCUT2D eigenvalue weighted by Crippen LogP contribution is 2.36. The van der Waals surface area contributed by atoms with E-state index in [0.717, 1.165) is 37.5 Å². The summed E-state index contributed by atoms with van der Waals surface area (Å²) in [5.41, 5.74) is 4.25. The summed E-state index contributed by atoms with van der Waals surface area (Å²) in [6.07, 6.45) is 11.8. The van der Waals surface area contributed by atoms with Crippen LogP contribution < -0.4 is 22.5 Å². The Kier molecular flexibility index (Phi) is 10.0. The molecule has 0 saturated heterocycles. The summed E-state index contributed by atoms with van der Waals surface area (Å²) in [6, 6.07) is 0. The van der Waals surface area contributed by atoms with Crippen molar-refractivity contribution < 1.29 is 19.1 Å². The number of carbonyl (C=O) groups excluding carboxylic acids is 2. The number of carbonyl (C=O) groups is 2. The van der Waals surface area contributed by atoms with Gasteiger partial charge in [0.1, 0.15) is 0 Å². The van der Waals surface area contributed by atoms with Crippen LogP contribution >= 0.6 is 0 Å². The van der Waals surface area contributed by atoms with Crippen LogP contribution in [0.1, 0.15) is 70.6 Å². The Labute approximate surface area is 162 Å². The van der Waals surface area contributed by atoms with Gasteiger partial charge in [0.05, 0.1) is 38.3 Å². The van der Waals surface area contributed by atoms with E-state index in [-0.39, 0.29) is 11.8 Å². The van der Waals surface area contributed by atoms with Gasteiger partial charge in [0.15, 0.2) is 0 Å². The fraction of sp³-hybridized carbons (Fsp3) is 0.895. The molecule has 0 heterocycles. The molecule has 156 valence electrons. The highest BCUT2D eigenvalue weighted by atomic mass is 16.5. The number of rotatable bonds is 10. The average Bonchev–Trinajstić information content (AvgIpc) is 2.70. The van der Waals surface area contributed by atoms with E-state index in [9.17, 15) is 9.59 Å². The third-order valence-corrected chi connectivity index (χ3v) is 5.94. The molecule has 0 aromatic heterocycles. The van der Waals surface area contributed by atoms with Crippen molar-refractivity contribution >= 4 is 11.8 Å². The minimum absolute atomic E-state index is 0.175. The lowest BCUT2D eigenvalue weighted by Crippen LogP contribution is -2.32. The van der Waals surface area contributed by atoms with Crippen molar-refractivity contribution in [3.63, 3.8) is 0 Å². The number of nitrogens with two attached hydrogens (primary N) is 2. The van der Waals surface area contributed by atoms with Crippen LogP contribution in [0.25, 0.3) is 0 Å². The van der Waals surface area contributed by atoms with Gasteiger partial charge < -0.3 is 9.47 Å². The number of amides is 2. The highest BCUT2D eigenvalue weighted by molar-refractivity contribution is 5.75. The van der Waals surface area contributed by atoms with Gasteiger partial charge in [-0.25, -0.2) is 11.7 Å². The van der Waals surface area contributed by atoms with E-state index in [1.165, 1.54) is 32.1 Å². The Morgan fingerprint density at radius 3 is 1.41 bits per heavy atom. The number of ether oxygens (including phenoxy) is 2. The molecule has 2 amide bonds. The first kappa shape index (κ1) is 22.1. The summed E-state index contributed by atoms with van der Waals surface area (Å²) in [5.74, 6) is 11.4. The zero-order chi connectivity index (χ0) is 19.5. The molecule has 2 aliphatic carbocycles. The molecule has 8 heteroatoms. The topological polar surface area (TPSA) is 129 Å². The zero-order valence-corrected chi connectivity index (χ0v) is 16.3. The maximum Gasteiger partial charge on any atom is 0.236 e. The quantitative estimate of drug-likeness (QED) is 0.255. The fourth-order valence-electron chi connectivity index (χ4n) is 4.32. The van der Waals surface area contributed by atoms with Gasteiger partial charge in [-0.15, -0.1) is 0 Å². The summed E-state index contributed by atoms with van der Waals surface area (Å²) in [4.78, 5) is 22.2. The van der Waals surface area contributed by atoms with E-state index in [0.29, 0.717) is 38.3 Å². The molecule has 0 spiro atoms. The molecule has 0 atom stereocenters. The van der Waals surface area contributed by atoms with E-state index in [4.69, 9.17) is 21.2 Å². The molecule has 2 fully saturated rings. The molecule has 0 aromatic rings. The second-order valence-electron chi connectivity index (χ2n) is 7.90. The highest BCUT2D eigenvalue weighted by Gasteiger charge is 2.27. The minimum Gasteiger partial charge on any atom is -0.378 e. The lowest BCUT2D eigenvalue weighted by Gasteiger charge is -2.34. The summed E-state index contributed by atoms with van der Waals surface area (Å²) < 4.78 is 11.6. The smallest absolute Gasteiger partial charge is 0.236 e. The summed E-state index contributed by atoms with van der Waals surface area (Å²) >= 11 is 0. The van der Waals surface area contributed by atoms with E-state index >= 15 is 0 Å². The predicted octanol–water partition coefficient (Wildman–Crippen LogP) is 1.29. The van der Waals surface area contributed by atoms with Crippen LogP contribution in [0.2, 0.25) is 0 Å². The van der Waals surface area contributed by atoms with Gasteiger partial charge in [-0.1, -0.05) is 0 Å². The van der Waals surface area contributed by atoms with E-state index < -0.39 is 0 Å². The van der Waals surface area contributed by atoms with Crippen molar-refractivity contribution in [1.29, 1.82) is 0 Å². The third-order valence-electron chi connectivity index (χ3n) is 5.94. The molecule has 6 N–H and O–H groups in total. The Morgan fingerprint density at radius 1 is 0.704 bits per heavy atom. The van der Waals surface area contributed by atoms with Gasteiger partial charge in [-0.05, 0) is 69.6 Å². The van der Waals surface area contributed by atoms with Gasteiger partial charge >= 0.3 is 0 Å². The second kappa shape index (κ2) is 12.3. The van der Waals surface area contributed by atoms with Crippen molar-refractivity contribution in [2.24, 2.45) is 23.5 Å². The van der Waals surface area contributed by atoms with E-state index in [1.54, 1.807) is 0 Å². The summed E-state index contributed by atoms with van der Waals surface area (Å²) in [6.45, 7) is 0.907. The Balaban J connectivity index is 1.52. The molecular formula is C19H36N4O4. The van der Waals surface area contributed by atoms with Crippen LogP contribution in [0.3, 0.4) is 0 Å². The van der Waals surface area contributed by atoms with Crippen LogP contribution in [-0.2, 0) is 19.1 Å². The lowest BCUT2D eigenvalue weighted by molar-refractivity contribution is -0.123. The molecule has 0 unspecified atom stereocenters. The fourth-order valence-corrected chi connectivity index (χ4v) is 4.32. The number of hydrogen-bond donors (Lipinski definition) is 4. The molecule has 0 aromatic carbocycles. The first-order valence-electron chi connectivity index (χ1n) is 10.3. The monoisotopic (exact) mass is 384 g/mol.